The maximum absolute atomic E-state index is 13.6. The Kier molecular flexibility index (Phi) is 11.2. The predicted octanol–water partition coefficient (Wildman–Crippen LogP) is 7.38. The molecule has 5 N–H and O–H groups in total. The van der Waals surface area contributed by atoms with Gasteiger partial charge in [-0.05, 0) is 113 Å². The van der Waals surface area contributed by atoms with Crippen LogP contribution in [0.1, 0.15) is 101 Å². The number of hydrogen-bond donors (Lipinski definition) is 5. The summed E-state index contributed by atoms with van der Waals surface area (Å²) in [5, 5.41) is 20.7. The maximum Gasteiger partial charge on any atom is 0.320 e. The van der Waals surface area contributed by atoms with Crippen LogP contribution in [0.25, 0.3) is 35.6 Å². The Morgan fingerprint density at radius 1 is 0.963 bits per heavy atom. The molecule has 5 atom stereocenters. The Hall–Kier alpha value is -5.18. The number of nitrogens with one attached hydrogen (secondary N) is 4. The molecule has 9 heteroatoms. The number of aliphatic hydroxyl groups is 1. The van der Waals surface area contributed by atoms with Crippen LogP contribution in [0.5, 0.6) is 0 Å². The van der Waals surface area contributed by atoms with E-state index in [2.05, 4.69) is 99.1 Å². The van der Waals surface area contributed by atoms with Crippen molar-refractivity contribution in [1.29, 1.82) is 0 Å². The Bertz CT molecular complexity index is 2200. The summed E-state index contributed by atoms with van der Waals surface area (Å²) in [4.78, 5) is 34.1. The fourth-order valence-corrected chi connectivity index (χ4v) is 8.63. The second kappa shape index (κ2) is 15.7. The number of carbonyl (C=O) groups excluding carboxylic acids is 2. The first-order chi connectivity index (χ1) is 25.8. The van der Waals surface area contributed by atoms with E-state index in [4.69, 9.17) is 9.47 Å². The van der Waals surface area contributed by atoms with Crippen molar-refractivity contribution in [2.75, 3.05) is 13.7 Å². The second-order valence-electron chi connectivity index (χ2n) is 15.4. The molecule has 5 heterocycles. The summed E-state index contributed by atoms with van der Waals surface area (Å²) >= 11 is 0. The first-order valence-electron chi connectivity index (χ1n) is 19.2. The lowest BCUT2D eigenvalue weighted by Crippen LogP contribution is -2.38. The Labute approximate surface area is 319 Å². The van der Waals surface area contributed by atoms with Gasteiger partial charge in [0.2, 0.25) is 0 Å². The molecule has 8 bridgehead atoms. The number of rotatable bonds is 10. The molecule has 0 aromatic carbocycles. The number of aromatic amines is 2. The minimum absolute atomic E-state index is 0.0248. The van der Waals surface area contributed by atoms with E-state index < -0.39 is 17.9 Å². The Morgan fingerprint density at radius 2 is 1.69 bits per heavy atom. The zero-order valence-electron chi connectivity index (χ0n) is 33.3. The molecule has 286 valence electrons. The fourth-order valence-electron chi connectivity index (χ4n) is 8.63. The minimum Gasteiger partial charge on any atom is -0.510 e. The zero-order valence-corrected chi connectivity index (χ0v) is 33.3. The van der Waals surface area contributed by atoms with E-state index in [9.17, 15) is 14.7 Å². The lowest BCUT2D eigenvalue weighted by atomic mass is 9.80. The second-order valence-corrected chi connectivity index (χ2v) is 15.4. The number of methoxy groups -OCH3 is 1. The number of aromatic nitrogens is 2. The van der Waals surface area contributed by atoms with Crippen LogP contribution in [-0.2, 0) is 19.1 Å². The predicted molar refractivity (Wildman–Crippen MR) is 218 cm³/mol. The van der Waals surface area contributed by atoms with Gasteiger partial charge >= 0.3 is 11.9 Å². The number of allylic oxidation sites excluding steroid dienone is 7. The van der Waals surface area contributed by atoms with Crippen LogP contribution in [0.4, 0.5) is 0 Å². The molecule has 2 aromatic heterocycles. The number of esters is 2. The number of H-pyrrole nitrogens is 2. The summed E-state index contributed by atoms with van der Waals surface area (Å²) < 4.78 is 11.0. The lowest BCUT2D eigenvalue weighted by Gasteiger charge is -2.26. The smallest absolute Gasteiger partial charge is 0.320 e. The van der Waals surface area contributed by atoms with Crippen molar-refractivity contribution in [1.82, 2.24) is 20.6 Å². The highest BCUT2D eigenvalue weighted by Gasteiger charge is 2.47. The van der Waals surface area contributed by atoms with Crippen LogP contribution in [0, 0.1) is 37.5 Å². The molecule has 2 aromatic rings. The van der Waals surface area contributed by atoms with E-state index in [1.165, 1.54) is 18.3 Å². The summed E-state index contributed by atoms with van der Waals surface area (Å²) in [7, 11) is 1.35. The standard InChI is InChI=1S/C45H56N4O5/c1-11-29-25(6)32-20-34-27(8)31(16-17-38(50)54-19-18-24(5)15-13-14-23(3)4)42(48-34)40-41(45(52)53-10)44(51)39-28(9)35(49-43(39)40)22-37-30(12-2)26(7)33(47-37)21-36(29)46-32/h11-12,14,18,20-22,26-27,31,41-42,46-49,51H,1,13,15-17,19H2,2-10H3/b24-18+,30-12+,33-21-,34-20-,37-22-/t26-,27+,31+,41-,42?/m1/s1. The third-order valence-electron chi connectivity index (χ3n) is 11.8. The summed E-state index contributed by atoms with van der Waals surface area (Å²) in [6.07, 6.45) is 17.2. The molecule has 0 saturated carbocycles. The van der Waals surface area contributed by atoms with Crippen LogP contribution in [-0.4, -0.2) is 46.8 Å². The van der Waals surface area contributed by atoms with E-state index in [0.29, 0.717) is 22.6 Å². The van der Waals surface area contributed by atoms with E-state index in [1.54, 1.807) is 0 Å². The quantitative estimate of drug-likeness (QED) is 0.127. The SMILES string of the molecule is C=Cc1c2[nH]c(c1C)/C=C1\NC(C3=c4[nH]c(c(C)c4=C(O)[C@@H]3C(=O)OC)/C=C3\N/C(=C\2)[C@H](C)\C3=C/C)[C@@H](CCC(=O)OC/C=C(\C)CCC=C(C)C)[C@@H]1C. The number of fused-ring (bicyclic) bond motifs is 8. The van der Waals surface area contributed by atoms with Gasteiger partial charge in [0.1, 0.15) is 18.3 Å². The number of hydrogen-bond acceptors (Lipinski definition) is 7. The van der Waals surface area contributed by atoms with E-state index in [1.807, 2.05) is 26.0 Å². The van der Waals surface area contributed by atoms with Crippen LogP contribution < -0.4 is 21.2 Å². The number of carbonyl (C=O) groups is 2. The maximum atomic E-state index is 13.6. The molecular formula is C45H56N4O5. The topological polar surface area (TPSA) is 128 Å². The van der Waals surface area contributed by atoms with Crippen LogP contribution in [0.2, 0.25) is 0 Å². The normalized spacial score (nSPS) is 26.6. The average Bonchev–Trinajstić information content (AvgIpc) is 3.87. The first-order valence-corrected chi connectivity index (χ1v) is 19.2. The molecule has 9 nitrogen and oxygen atoms in total. The third kappa shape index (κ3) is 7.08. The van der Waals surface area contributed by atoms with Crippen molar-refractivity contribution in [2.45, 2.75) is 87.1 Å². The van der Waals surface area contributed by atoms with Crippen molar-refractivity contribution >= 4 is 47.6 Å². The van der Waals surface area contributed by atoms with Gasteiger partial charge in [-0.1, -0.05) is 49.8 Å². The molecule has 0 radical (unpaired) electrons. The molecule has 4 aliphatic rings. The Balaban J connectivity index is 1.45. The van der Waals surface area contributed by atoms with Gasteiger partial charge in [-0.25, -0.2) is 0 Å². The van der Waals surface area contributed by atoms with Crippen LogP contribution in [0.3, 0.4) is 0 Å². The highest BCUT2D eigenvalue weighted by Crippen LogP contribution is 2.43. The van der Waals surface area contributed by atoms with Gasteiger partial charge in [-0.3, -0.25) is 9.59 Å². The summed E-state index contributed by atoms with van der Waals surface area (Å²) in [6, 6.07) is -0.397. The monoisotopic (exact) mass is 732 g/mol. The van der Waals surface area contributed by atoms with Gasteiger partial charge in [0.15, 0.2) is 0 Å². The zero-order chi connectivity index (χ0) is 39.0. The van der Waals surface area contributed by atoms with Gasteiger partial charge in [-0.15, -0.1) is 0 Å². The summed E-state index contributed by atoms with van der Waals surface area (Å²) in [5.41, 5.74) is 13.0. The van der Waals surface area contributed by atoms with Gasteiger partial charge in [0.05, 0.1) is 18.5 Å². The molecule has 1 unspecified atom stereocenters. The molecule has 3 aliphatic heterocycles. The molecular weight excluding hydrogens is 677 g/mol. The number of ether oxygens (including phenoxy) is 2. The van der Waals surface area contributed by atoms with Crippen molar-refractivity contribution < 1.29 is 24.2 Å². The molecule has 2 saturated heterocycles. The molecule has 0 amide bonds. The summed E-state index contributed by atoms with van der Waals surface area (Å²) in [6.45, 7) is 21.1. The van der Waals surface area contributed by atoms with E-state index >= 15 is 0 Å². The fraction of sp³-hybridized carbons (Fsp3) is 0.422. The largest absolute Gasteiger partial charge is 0.510 e. The van der Waals surface area contributed by atoms with E-state index in [0.717, 1.165) is 69.3 Å². The van der Waals surface area contributed by atoms with Gasteiger partial charge < -0.3 is 35.2 Å². The average molecular weight is 733 g/mol. The molecule has 2 fully saturated rings. The van der Waals surface area contributed by atoms with Crippen LogP contribution in [0.15, 0.2) is 58.6 Å². The highest BCUT2D eigenvalue weighted by atomic mass is 16.5. The third-order valence-corrected chi connectivity index (χ3v) is 11.8. The van der Waals surface area contributed by atoms with Crippen molar-refractivity contribution in [3.05, 3.63) is 103 Å². The Morgan fingerprint density at radius 3 is 2.37 bits per heavy atom. The van der Waals surface area contributed by atoms with Crippen molar-refractivity contribution in [3.63, 3.8) is 0 Å². The minimum atomic E-state index is -0.995. The molecule has 0 spiro atoms. The highest BCUT2D eigenvalue weighted by molar-refractivity contribution is 5.96. The molecule has 54 heavy (non-hydrogen) atoms. The molecule has 6 rings (SSSR count). The van der Waals surface area contributed by atoms with Gasteiger partial charge in [-0.2, -0.15) is 0 Å². The molecule has 1 aliphatic carbocycles. The van der Waals surface area contributed by atoms with Crippen LogP contribution >= 0.6 is 0 Å². The van der Waals surface area contributed by atoms with Crippen molar-refractivity contribution in [3.8, 4) is 0 Å². The van der Waals surface area contributed by atoms with E-state index in [-0.39, 0.29) is 42.5 Å². The number of aliphatic hydroxyl groups excluding tert-OH is 1. The van der Waals surface area contributed by atoms with Gasteiger partial charge in [0.25, 0.3) is 0 Å². The van der Waals surface area contributed by atoms with Gasteiger partial charge in [0, 0.05) is 63.2 Å². The van der Waals surface area contributed by atoms with Crippen molar-refractivity contribution in [2.24, 2.45) is 23.7 Å². The summed E-state index contributed by atoms with van der Waals surface area (Å²) in [5.74, 6) is -1.85. The lowest BCUT2D eigenvalue weighted by molar-refractivity contribution is -0.143. The first kappa shape index (κ1) is 38.5.